The van der Waals surface area contributed by atoms with Crippen molar-refractivity contribution in [1.29, 1.82) is 0 Å². The number of rotatable bonds is 3. The maximum Gasteiger partial charge on any atom is 0.321 e. The van der Waals surface area contributed by atoms with E-state index in [0.29, 0.717) is 18.8 Å². The molecule has 0 aliphatic carbocycles. The number of likely N-dealkylation sites (N-methyl/N-ethyl adjacent to an activating group) is 1. The number of ether oxygens (including phenoxy) is 1. The molecule has 0 spiro atoms. The molecule has 0 radical (unpaired) electrons. The van der Waals surface area contributed by atoms with Crippen molar-refractivity contribution >= 4 is 6.03 Å². The minimum Gasteiger partial charge on any atom is -0.508 e. The number of phenols is 1. The summed E-state index contributed by atoms with van der Waals surface area (Å²) in [7, 11) is 1.69. The van der Waals surface area contributed by atoms with Crippen LogP contribution in [0.5, 0.6) is 5.75 Å². The van der Waals surface area contributed by atoms with Crippen LogP contribution in [0.3, 0.4) is 0 Å². The topological polar surface area (TPSA) is 53.0 Å². The molecule has 2 amide bonds. The highest BCUT2D eigenvalue weighted by molar-refractivity contribution is 5.78. The molecule has 7 heteroatoms. The molecular formula is C22H22F2N2O3. The van der Waals surface area contributed by atoms with Crippen molar-refractivity contribution in [3.05, 3.63) is 77.4 Å². The summed E-state index contributed by atoms with van der Waals surface area (Å²) in [6.45, 7) is 1.25. The standard InChI is InChI=1S/C22H22F2N2O3/c1-25(17-8-11-29-14-17)21(28)26-10-3-9-22(26,15-4-2-5-18(27)12-15)19-13-16(23)6-7-20(19)24/h2-7,9,12-13,17,27H,8,10-11,14H2,1H3. The predicted octanol–water partition coefficient (Wildman–Crippen LogP) is 3.63. The SMILES string of the molecule is CN(C(=O)N1CC=CC1(c1cccc(O)c1)c1cc(F)ccc1F)C1CCOC1. The second-order valence-corrected chi connectivity index (χ2v) is 7.36. The number of carbonyl (C=O) groups is 1. The lowest BCUT2D eigenvalue weighted by Gasteiger charge is -2.42. The zero-order valence-electron chi connectivity index (χ0n) is 16.0. The first-order chi connectivity index (χ1) is 13.9. The van der Waals surface area contributed by atoms with Crippen LogP contribution in [0.1, 0.15) is 17.5 Å². The number of amides is 2. The van der Waals surface area contributed by atoms with E-state index in [0.717, 1.165) is 24.6 Å². The van der Waals surface area contributed by atoms with Crippen molar-refractivity contribution in [3.8, 4) is 5.75 Å². The van der Waals surface area contributed by atoms with Crippen LogP contribution >= 0.6 is 0 Å². The van der Waals surface area contributed by atoms with Gasteiger partial charge in [-0.25, -0.2) is 13.6 Å². The van der Waals surface area contributed by atoms with Crippen LogP contribution in [-0.4, -0.2) is 53.8 Å². The van der Waals surface area contributed by atoms with Crippen LogP contribution in [0, 0.1) is 11.6 Å². The molecule has 152 valence electrons. The monoisotopic (exact) mass is 400 g/mol. The highest BCUT2D eigenvalue weighted by Crippen LogP contribution is 2.43. The first kappa shape index (κ1) is 19.4. The maximum absolute atomic E-state index is 15.0. The van der Waals surface area contributed by atoms with Crippen LogP contribution in [0.25, 0.3) is 0 Å². The highest BCUT2D eigenvalue weighted by Gasteiger charge is 2.47. The van der Waals surface area contributed by atoms with Crippen molar-refractivity contribution in [1.82, 2.24) is 9.80 Å². The van der Waals surface area contributed by atoms with Gasteiger partial charge in [0.25, 0.3) is 0 Å². The Hall–Kier alpha value is -2.93. The van der Waals surface area contributed by atoms with Gasteiger partial charge in [0.2, 0.25) is 0 Å². The van der Waals surface area contributed by atoms with E-state index in [-0.39, 0.29) is 29.9 Å². The number of phenolic OH excluding ortho intramolecular Hbond substituents is 1. The van der Waals surface area contributed by atoms with Crippen LogP contribution in [-0.2, 0) is 10.3 Å². The zero-order valence-corrected chi connectivity index (χ0v) is 16.0. The number of nitrogens with zero attached hydrogens (tertiary/aromatic N) is 2. The average Bonchev–Trinajstić information content (AvgIpc) is 3.39. The largest absolute Gasteiger partial charge is 0.508 e. The minimum atomic E-state index is -1.38. The third-order valence-corrected chi connectivity index (χ3v) is 5.68. The van der Waals surface area contributed by atoms with Crippen LogP contribution in [0.15, 0.2) is 54.6 Å². The molecule has 2 heterocycles. The van der Waals surface area contributed by atoms with Gasteiger partial charge in [0.05, 0.1) is 12.6 Å². The molecule has 5 nitrogen and oxygen atoms in total. The van der Waals surface area contributed by atoms with Crippen molar-refractivity contribution in [2.45, 2.75) is 18.0 Å². The summed E-state index contributed by atoms with van der Waals surface area (Å²) < 4.78 is 34.5. The second kappa shape index (κ2) is 7.48. The van der Waals surface area contributed by atoms with E-state index < -0.39 is 17.2 Å². The minimum absolute atomic E-state index is 0.0151. The average molecular weight is 400 g/mol. The molecule has 1 saturated heterocycles. The maximum atomic E-state index is 15.0. The van der Waals surface area contributed by atoms with Crippen LogP contribution in [0.4, 0.5) is 13.6 Å². The van der Waals surface area contributed by atoms with E-state index >= 15 is 0 Å². The first-order valence-electron chi connectivity index (χ1n) is 9.48. The summed E-state index contributed by atoms with van der Waals surface area (Å²) in [6, 6.07) is 9.07. The Morgan fingerprint density at radius 1 is 1.28 bits per heavy atom. The van der Waals surface area contributed by atoms with Gasteiger partial charge in [-0.15, -0.1) is 0 Å². The third-order valence-electron chi connectivity index (χ3n) is 5.68. The van der Waals surface area contributed by atoms with Gasteiger partial charge in [-0.05, 0) is 42.3 Å². The van der Waals surface area contributed by atoms with Crippen LogP contribution in [0.2, 0.25) is 0 Å². The molecule has 0 saturated carbocycles. The number of carbonyl (C=O) groups excluding carboxylic acids is 1. The Balaban J connectivity index is 1.86. The third kappa shape index (κ3) is 3.25. The van der Waals surface area contributed by atoms with Gasteiger partial charge in [-0.3, -0.25) is 0 Å². The van der Waals surface area contributed by atoms with E-state index in [9.17, 15) is 18.7 Å². The smallest absolute Gasteiger partial charge is 0.321 e. The summed E-state index contributed by atoms with van der Waals surface area (Å²) in [6.07, 6.45) is 4.17. The van der Waals surface area contributed by atoms with Gasteiger partial charge < -0.3 is 19.6 Å². The van der Waals surface area contributed by atoms with Gasteiger partial charge in [-0.1, -0.05) is 24.3 Å². The van der Waals surface area contributed by atoms with Gasteiger partial charge in [0.1, 0.15) is 22.9 Å². The van der Waals surface area contributed by atoms with Crippen molar-refractivity contribution in [2.24, 2.45) is 0 Å². The molecule has 1 N–H and O–H groups in total. The molecule has 2 aliphatic heterocycles. The van der Waals surface area contributed by atoms with Gasteiger partial charge >= 0.3 is 6.03 Å². The molecule has 2 aromatic rings. The van der Waals surface area contributed by atoms with Gasteiger partial charge in [0.15, 0.2) is 0 Å². The number of hydrogen-bond donors (Lipinski definition) is 1. The Morgan fingerprint density at radius 3 is 2.83 bits per heavy atom. The Labute approximate surface area is 167 Å². The van der Waals surface area contributed by atoms with Crippen molar-refractivity contribution in [2.75, 3.05) is 26.8 Å². The molecule has 0 bridgehead atoms. The fraction of sp³-hybridized carbons (Fsp3) is 0.318. The summed E-state index contributed by atoms with van der Waals surface area (Å²) in [5.41, 5.74) is -0.892. The second-order valence-electron chi connectivity index (χ2n) is 7.36. The Morgan fingerprint density at radius 2 is 2.10 bits per heavy atom. The number of aromatic hydroxyl groups is 1. The summed E-state index contributed by atoms with van der Waals surface area (Å²) in [5, 5.41) is 10.0. The first-order valence-corrected chi connectivity index (χ1v) is 9.48. The molecule has 2 unspecified atom stereocenters. The molecule has 0 aromatic heterocycles. The molecule has 1 fully saturated rings. The van der Waals surface area contributed by atoms with E-state index in [1.165, 1.54) is 17.0 Å². The van der Waals surface area contributed by atoms with E-state index in [2.05, 4.69) is 0 Å². The summed E-state index contributed by atoms with van der Waals surface area (Å²) in [5.74, 6) is -1.26. The Kier molecular flexibility index (Phi) is 5.00. The van der Waals surface area contributed by atoms with E-state index in [4.69, 9.17) is 4.74 Å². The normalized spacial score (nSPS) is 23.6. The zero-order chi connectivity index (χ0) is 20.6. The predicted molar refractivity (Wildman–Crippen MR) is 103 cm³/mol. The molecular weight excluding hydrogens is 378 g/mol. The Bertz CT molecular complexity index is 959. The van der Waals surface area contributed by atoms with Crippen LogP contribution < -0.4 is 0 Å². The highest BCUT2D eigenvalue weighted by atomic mass is 19.1. The molecule has 2 aliphatic rings. The van der Waals surface area contributed by atoms with E-state index in [1.54, 1.807) is 36.2 Å². The fourth-order valence-corrected chi connectivity index (χ4v) is 4.14. The molecule has 2 atom stereocenters. The van der Waals surface area contributed by atoms with Crippen molar-refractivity contribution in [3.63, 3.8) is 0 Å². The molecule has 4 rings (SSSR count). The summed E-state index contributed by atoms with van der Waals surface area (Å²) >= 11 is 0. The lowest BCUT2D eigenvalue weighted by Crippen LogP contribution is -2.53. The lowest BCUT2D eigenvalue weighted by atomic mass is 9.82. The molecule has 2 aromatic carbocycles. The quantitative estimate of drug-likeness (QED) is 0.801. The number of benzene rings is 2. The fourth-order valence-electron chi connectivity index (χ4n) is 4.14. The number of hydrogen-bond acceptors (Lipinski definition) is 3. The van der Waals surface area contributed by atoms with Gasteiger partial charge in [-0.2, -0.15) is 0 Å². The number of urea groups is 1. The van der Waals surface area contributed by atoms with E-state index in [1.807, 2.05) is 0 Å². The van der Waals surface area contributed by atoms with Crippen molar-refractivity contribution < 1.29 is 23.4 Å². The summed E-state index contributed by atoms with van der Waals surface area (Å²) in [4.78, 5) is 16.5. The molecule has 29 heavy (non-hydrogen) atoms. The number of halogens is 2. The lowest BCUT2D eigenvalue weighted by molar-refractivity contribution is 0.117. The van der Waals surface area contributed by atoms with Gasteiger partial charge in [0, 0.05) is 25.8 Å².